The number of hydrogen-bond donors (Lipinski definition) is 0. The predicted molar refractivity (Wildman–Crippen MR) is 124 cm³/mol. The summed E-state index contributed by atoms with van der Waals surface area (Å²) in [6, 6.07) is 17.9. The van der Waals surface area contributed by atoms with Gasteiger partial charge in [-0.05, 0) is 30.0 Å². The number of amides is 1. The molecule has 3 aromatic rings. The summed E-state index contributed by atoms with van der Waals surface area (Å²) in [6.07, 6.45) is 1.27. The lowest BCUT2D eigenvalue weighted by Crippen LogP contribution is -2.50. The van der Waals surface area contributed by atoms with Crippen molar-refractivity contribution in [1.29, 1.82) is 0 Å². The number of aromatic nitrogens is 2. The molecule has 31 heavy (non-hydrogen) atoms. The Labute approximate surface area is 183 Å². The van der Waals surface area contributed by atoms with Crippen LogP contribution in [-0.4, -0.2) is 46.5 Å². The zero-order valence-corrected chi connectivity index (χ0v) is 18.3. The standard InChI is InChI=1S/C25H30N4O2/c1-19(2)18-29-22-11-7-6-10-21(22)26-24(25(29)31)28-16-14-27(15-17-28)23(30)13-12-20-8-4-3-5-9-20/h3-11,19H,12-18H2,1-2H3. The van der Waals surface area contributed by atoms with E-state index in [9.17, 15) is 9.59 Å². The SMILES string of the molecule is CC(C)Cn1c(=O)c(N2CCN(C(=O)CCc3ccccc3)CC2)nc2ccccc21. The second-order valence-electron chi connectivity index (χ2n) is 8.59. The first-order chi connectivity index (χ1) is 15.0. The smallest absolute Gasteiger partial charge is 0.294 e. The number of anilines is 1. The van der Waals surface area contributed by atoms with Gasteiger partial charge >= 0.3 is 0 Å². The van der Waals surface area contributed by atoms with Crippen molar-refractivity contribution in [3.8, 4) is 0 Å². The minimum absolute atomic E-state index is 0.0451. The Hall–Kier alpha value is -3.15. The zero-order chi connectivity index (χ0) is 21.8. The van der Waals surface area contributed by atoms with E-state index in [1.54, 1.807) is 0 Å². The Kier molecular flexibility index (Phi) is 6.35. The second kappa shape index (κ2) is 9.33. The molecule has 1 saturated heterocycles. The highest BCUT2D eigenvalue weighted by atomic mass is 16.2. The number of rotatable bonds is 6. The number of carbonyl (C=O) groups is 1. The van der Waals surface area contributed by atoms with Crippen LogP contribution in [0.5, 0.6) is 0 Å². The Morgan fingerprint density at radius 1 is 0.968 bits per heavy atom. The molecule has 0 radical (unpaired) electrons. The third-order valence-corrected chi connectivity index (χ3v) is 5.79. The van der Waals surface area contributed by atoms with E-state index in [2.05, 4.69) is 26.0 Å². The predicted octanol–water partition coefficient (Wildman–Crippen LogP) is 3.33. The summed E-state index contributed by atoms with van der Waals surface area (Å²) in [4.78, 5) is 34.6. The lowest BCUT2D eigenvalue weighted by molar-refractivity contribution is -0.131. The van der Waals surface area contributed by atoms with Crippen LogP contribution >= 0.6 is 0 Å². The van der Waals surface area contributed by atoms with Crippen molar-refractivity contribution in [2.75, 3.05) is 31.1 Å². The van der Waals surface area contributed by atoms with Crippen LogP contribution in [0, 0.1) is 5.92 Å². The third-order valence-electron chi connectivity index (χ3n) is 5.79. The lowest BCUT2D eigenvalue weighted by atomic mass is 10.1. The van der Waals surface area contributed by atoms with Crippen molar-refractivity contribution in [3.05, 3.63) is 70.5 Å². The van der Waals surface area contributed by atoms with Crippen molar-refractivity contribution in [2.24, 2.45) is 5.92 Å². The van der Waals surface area contributed by atoms with Gasteiger partial charge in [0.05, 0.1) is 11.0 Å². The van der Waals surface area contributed by atoms with Crippen LogP contribution in [0.15, 0.2) is 59.4 Å². The molecule has 0 N–H and O–H groups in total. The van der Waals surface area contributed by atoms with Crippen LogP contribution in [-0.2, 0) is 17.8 Å². The summed E-state index contributed by atoms with van der Waals surface area (Å²) < 4.78 is 1.85. The molecule has 6 heteroatoms. The van der Waals surface area contributed by atoms with E-state index >= 15 is 0 Å². The van der Waals surface area contributed by atoms with Crippen molar-refractivity contribution < 1.29 is 4.79 Å². The number of piperazine rings is 1. The minimum atomic E-state index is -0.0451. The van der Waals surface area contributed by atoms with Crippen LogP contribution in [0.3, 0.4) is 0 Å². The molecule has 0 saturated carbocycles. The molecule has 162 valence electrons. The van der Waals surface area contributed by atoms with Gasteiger partial charge in [0.15, 0.2) is 5.82 Å². The van der Waals surface area contributed by atoms with Gasteiger partial charge in [-0.15, -0.1) is 0 Å². The van der Waals surface area contributed by atoms with E-state index in [-0.39, 0.29) is 11.5 Å². The maximum absolute atomic E-state index is 13.3. The highest BCUT2D eigenvalue weighted by Gasteiger charge is 2.24. The van der Waals surface area contributed by atoms with Gasteiger partial charge < -0.3 is 14.4 Å². The molecule has 2 aromatic carbocycles. The minimum Gasteiger partial charge on any atom is -0.348 e. The monoisotopic (exact) mass is 418 g/mol. The highest BCUT2D eigenvalue weighted by molar-refractivity contribution is 5.77. The molecule has 2 heterocycles. The summed E-state index contributed by atoms with van der Waals surface area (Å²) in [6.45, 7) is 7.37. The van der Waals surface area contributed by atoms with Gasteiger partial charge in [0.1, 0.15) is 0 Å². The summed E-state index contributed by atoms with van der Waals surface area (Å²) in [5, 5.41) is 0. The molecule has 6 nitrogen and oxygen atoms in total. The number of fused-ring (bicyclic) bond motifs is 1. The van der Waals surface area contributed by atoms with Crippen LogP contribution in [0.4, 0.5) is 5.82 Å². The first-order valence-corrected chi connectivity index (χ1v) is 11.1. The molecular weight excluding hydrogens is 388 g/mol. The van der Waals surface area contributed by atoms with Crippen molar-refractivity contribution in [2.45, 2.75) is 33.2 Å². The maximum Gasteiger partial charge on any atom is 0.294 e. The molecule has 1 aromatic heterocycles. The second-order valence-corrected chi connectivity index (χ2v) is 8.59. The topological polar surface area (TPSA) is 58.4 Å². The largest absolute Gasteiger partial charge is 0.348 e. The lowest BCUT2D eigenvalue weighted by Gasteiger charge is -2.35. The van der Waals surface area contributed by atoms with E-state index < -0.39 is 0 Å². The van der Waals surface area contributed by atoms with Gasteiger partial charge in [0, 0.05) is 39.1 Å². The number of nitrogens with zero attached hydrogens (tertiary/aromatic N) is 4. The van der Waals surface area contributed by atoms with Crippen LogP contribution in [0.2, 0.25) is 0 Å². The molecule has 1 amide bonds. The highest BCUT2D eigenvalue weighted by Crippen LogP contribution is 2.17. The molecule has 1 fully saturated rings. The van der Waals surface area contributed by atoms with E-state index in [0.717, 1.165) is 17.5 Å². The molecule has 0 atom stereocenters. The fraction of sp³-hybridized carbons (Fsp3) is 0.400. The van der Waals surface area contributed by atoms with Crippen molar-refractivity contribution in [1.82, 2.24) is 14.5 Å². The molecule has 0 unspecified atom stereocenters. The quantitative estimate of drug-likeness (QED) is 0.616. The van der Waals surface area contributed by atoms with Crippen LogP contribution in [0.25, 0.3) is 11.0 Å². The van der Waals surface area contributed by atoms with Gasteiger partial charge in [0.2, 0.25) is 5.91 Å². The number of benzene rings is 2. The third kappa shape index (κ3) is 4.79. The Bertz CT molecular complexity index is 1100. The summed E-state index contributed by atoms with van der Waals surface area (Å²) in [7, 11) is 0. The Balaban J connectivity index is 1.46. The number of aryl methyl sites for hydroxylation is 1. The molecule has 1 aliphatic rings. The molecule has 4 rings (SSSR count). The fourth-order valence-electron chi connectivity index (χ4n) is 4.15. The van der Waals surface area contributed by atoms with Gasteiger partial charge in [0.25, 0.3) is 5.56 Å². The van der Waals surface area contributed by atoms with Gasteiger partial charge in [-0.25, -0.2) is 4.98 Å². The fourth-order valence-corrected chi connectivity index (χ4v) is 4.15. The normalized spacial score (nSPS) is 14.4. The number of hydrogen-bond acceptors (Lipinski definition) is 4. The zero-order valence-electron chi connectivity index (χ0n) is 18.3. The van der Waals surface area contributed by atoms with E-state index in [0.29, 0.717) is 50.9 Å². The van der Waals surface area contributed by atoms with Crippen molar-refractivity contribution >= 4 is 22.8 Å². The Morgan fingerprint density at radius 2 is 1.65 bits per heavy atom. The van der Waals surface area contributed by atoms with Gasteiger partial charge in [-0.1, -0.05) is 56.3 Å². The summed E-state index contributed by atoms with van der Waals surface area (Å²) in [5.41, 5.74) is 2.84. The first kappa shape index (κ1) is 21.1. The van der Waals surface area contributed by atoms with Gasteiger partial charge in [-0.3, -0.25) is 9.59 Å². The van der Waals surface area contributed by atoms with Crippen LogP contribution < -0.4 is 10.5 Å². The molecule has 1 aliphatic heterocycles. The number of para-hydroxylation sites is 2. The first-order valence-electron chi connectivity index (χ1n) is 11.1. The average molecular weight is 419 g/mol. The molecule has 0 bridgehead atoms. The molecule has 0 spiro atoms. The van der Waals surface area contributed by atoms with E-state index in [1.807, 2.05) is 56.8 Å². The molecular formula is C25H30N4O2. The van der Waals surface area contributed by atoms with Crippen molar-refractivity contribution in [3.63, 3.8) is 0 Å². The summed E-state index contributed by atoms with van der Waals surface area (Å²) >= 11 is 0. The number of carbonyl (C=O) groups excluding carboxylic acids is 1. The van der Waals surface area contributed by atoms with E-state index in [4.69, 9.17) is 4.98 Å². The summed E-state index contributed by atoms with van der Waals surface area (Å²) in [5.74, 6) is 1.03. The van der Waals surface area contributed by atoms with Crippen LogP contribution in [0.1, 0.15) is 25.8 Å². The maximum atomic E-state index is 13.3. The Morgan fingerprint density at radius 3 is 2.35 bits per heavy atom. The van der Waals surface area contributed by atoms with E-state index in [1.165, 1.54) is 5.56 Å². The van der Waals surface area contributed by atoms with Gasteiger partial charge in [-0.2, -0.15) is 0 Å². The average Bonchev–Trinajstić information content (AvgIpc) is 2.80. The molecule has 0 aliphatic carbocycles.